The molecule has 1 fully saturated rings. The van der Waals surface area contributed by atoms with E-state index in [2.05, 4.69) is 10.6 Å². The molecule has 0 aromatic rings. The maximum atomic E-state index is 12.0. The number of carbonyl (C=O) groups excluding carboxylic acids is 2. The van der Waals surface area contributed by atoms with Crippen molar-refractivity contribution in [3.63, 3.8) is 0 Å². The summed E-state index contributed by atoms with van der Waals surface area (Å²) in [5.41, 5.74) is -1.54. The fourth-order valence-electron chi connectivity index (χ4n) is 2.59. The second kappa shape index (κ2) is 7.61. The summed E-state index contributed by atoms with van der Waals surface area (Å²) in [6.45, 7) is 5.90. The third-order valence-corrected chi connectivity index (χ3v) is 4.04. The van der Waals surface area contributed by atoms with Gasteiger partial charge in [0.1, 0.15) is 5.54 Å². The molecule has 0 unspecified atom stereocenters. The molecule has 6 nitrogen and oxygen atoms in total. The molecule has 22 heavy (non-hydrogen) atoms. The molecule has 2 amide bonds. The zero-order chi connectivity index (χ0) is 16.8. The van der Waals surface area contributed by atoms with Gasteiger partial charge in [0.25, 0.3) is 0 Å². The predicted octanol–water partition coefficient (Wildman–Crippen LogP) is 1.83. The Labute approximate surface area is 132 Å². The summed E-state index contributed by atoms with van der Waals surface area (Å²) in [4.78, 5) is 35.1. The molecule has 1 saturated carbocycles. The molecule has 0 aliphatic heterocycles. The van der Waals surface area contributed by atoms with E-state index in [1.54, 1.807) is 0 Å². The number of carboxylic acids is 1. The smallest absolute Gasteiger partial charge is 0.329 e. The highest BCUT2D eigenvalue weighted by atomic mass is 16.4. The van der Waals surface area contributed by atoms with E-state index in [9.17, 15) is 19.5 Å². The van der Waals surface area contributed by atoms with Gasteiger partial charge < -0.3 is 15.7 Å². The number of hydrogen-bond acceptors (Lipinski definition) is 3. The van der Waals surface area contributed by atoms with Gasteiger partial charge in [-0.15, -0.1) is 0 Å². The van der Waals surface area contributed by atoms with E-state index in [0.717, 1.165) is 19.3 Å². The fraction of sp³-hybridized carbons (Fsp3) is 0.812. The lowest BCUT2D eigenvalue weighted by Crippen LogP contribution is -2.55. The largest absolute Gasteiger partial charge is 0.480 e. The van der Waals surface area contributed by atoms with Gasteiger partial charge in [0, 0.05) is 18.4 Å². The van der Waals surface area contributed by atoms with Crippen molar-refractivity contribution < 1.29 is 19.5 Å². The zero-order valence-electron chi connectivity index (χ0n) is 13.8. The van der Waals surface area contributed by atoms with Gasteiger partial charge in [0.15, 0.2) is 0 Å². The number of carbonyl (C=O) groups is 3. The van der Waals surface area contributed by atoms with Crippen molar-refractivity contribution in [1.82, 2.24) is 10.6 Å². The number of nitrogens with one attached hydrogen (secondary N) is 2. The van der Waals surface area contributed by atoms with Crippen LogP contribution in [0.15, 0.2) is 0 Å². The number of amides is 2. The number of rotatable bonds is 6. The molecule has 1 rings (SSSR count). The van der Waals surface area contributed by atoms with Gasteiger partial charge in [0.05, 0.1) is 0 Å². The number of aliphatic carboxylic acids is 1. The van der Waals surface area contributed by atoms with Crippen molar-refractivity contribution in [2.75, 3.05) is 6.54 Å². The Morgan fingerprint density at radius 3 is 2.18 bits per heavy atom. The van der Waals surface area contributed by atoms with Crippen molar-refractivity contribution in [2.45, 2.75) is 71.3 Å². The highest BCUT2D eigenvalue weighted by molar-refractivity contribution is 5.87. The molecule has 0 radical (unpaired) electrons. The highest BCUT2D eigenvalue weighted by Crippen LogP contribution is 2.28. The van der Waals surface area contributed by atoms with Crippen LogP contribution in [-0.2, 0) is 14.4 Å². The molecule has 6 heteroatoms. The van der Waals surface area contributed by atoms with E-state index in [4.69, 9.17) is 0 Å². The molecule has 0 heterocycles. The van der Waals surface area contributed by atoms with Gasteiger partial charge in [-0.25, -0.2) is 4.79 Å². The third kappa shape index (κ3) is 5.31. The summed E-state index contributed by atoms with van der Waals surface area (Å²) < 4.78 is 0. The van der Waals surface area contributed by atoms with E-state index in [1.807, 2.05) is 20.8 Å². The molecule has 3 N–H and O–H groups in total. The van der Waals surface area contributed by atoms with Crippen LogP contribution in [0, 0.1) is 5.41 Å². The molecular formula is C16H28N2O4. The first-order valence-corrected chi connectivity index (χ1v) is 8.00. The van der Waals surface area contributed by atoms with E-state index in [0.29, 0.717) is 25.8 Å². The number of carboxylic acid groups (broad SMARTS) is 1. The van der Waals surface area contributed by atoms with Gasteiger partial charge in [0.2, 0.25) is 11.8 Å². The maximum Gasteiger partial charge on any atom is 0.329 e. The Hall–Kier alpha value is -1.59. The van der Waals surface area contributed by atoms with Gasteiger partial charge in [-0.05, 0) is 19.3 Å². The summed E-state index contributed by atoms with van der Waals surface area (Å²) >= 11 is 0. The Kier molecular flexibility index (Phi) is 6.38. The predicted molar refractivity (Wildman–Crippen MR) is 83.3 cm³/mol. The summed E-state index contributed by atoms with van der Waals surface area (Å²) in [5, 5.41) is 14.9. The average Bonchev–Trinajstić information content (AvgIpc) is 2.43. The second-order valence-electron chi connectivity index (χ2n) is 7.11. The monoisotopic (exact) mass is 312 g/mol. The van der Waals surface area contributed by atoms with E-state index in [1.165, 1.54) is 0 Å². The van der Waals surface area contributed by atoms with E-state index < -0.39 is 16.9 Å². The Morgan fingerprint density at radius 1 is 1.09 bits per heavy atom. The van der Waals surface area contributed by atoms with E-state index in [-0.39, 0.29) is 18.2 Å². The quantitative estimate of drug-likeness (QED) is 0.652. The lowest BCUT2D eigenvalue weighted by molar-refractivity contribution is -0.149. The summed E-state index contributed by atoms with van der Waals surface area (Å²) in [7, 11) is 0. The van der Waals surface area contributed by atoms with Crippen molar-refractivity contribution >= 4 is 17.8 Å². The van der Waals surface area contributed by atoms with Gasteiger partial charge >= 0.3 is 5.97 Å². The van der Waals surface area contributed by atoms with Crippen molar-refractivity contribution in [2.24, 2.45) is 5.41 Å². The molecule has 1 aliphatic rings. The lowest BCUT2D eigenvalue weighted by Gasteiger charge is -2.34. The van der Waals surface area contributed by atoms with Crippen molar-refractivity contribution in [1.29, 1.82) is 0 Å². The van der Waals surface area contributed by atoms with Crippen LogP contribution in [-0.4, -0.2) is 35.0 Å². The summed E-state index contributed by atoms with van der Waals surface area (Å²) in [5.74, 6) is -1.25. The van der Waals surface area contributed by atoms with Crippen LogP contribution in [0.25, 0.3) is 0 Å². The minimum absolute atomic E-state index is 0.0535. The first-order chi connectivity index (χ1) is 10.2. The third-order valence-electron chi connectivity index (χ3n) is 4.04. The molecular weight excluding hydrogens is 284 g/mol. The summed E-state index contributed by atoms with van der Waals surface area (Å²) in [6.07, 6.45) is 4.39. The first-order valence-electron chi connectivity index (χ1n) is 8.00. The van der Waals surface area contributed by atoms with Crippen LogP contribution in [0.5, 0.6) is 0 Å². The van der Waals surface area contributed by atoms with Gasteiger partial charge in [-0.2, -0.15) is 0 Å². The highest BCUT2D eigenvalue weighted by Gasteiger charge is 2.40. The first kappa shape index (κ1) is 18.5. The van der Waals surface area contributed by atoms with Crippen LogP contribution in [0.4, 0.5) is 0 Å². The Bertz CT molecular complexity index is 420. The molecule has 0 bridgehead atoms. The van der Waals surface area contributed by atoms with Crippen LogP contribution < -0.4 is 10.6 Å². The van der Waals surface area contributed by atoms with E-state index >= 15 is 0 Å². The van der Waals surface area contributed by atoms with Crippen LogP contribution >= 0.6 is 0 Å². The maximum absolute atomic E-state index is 12.0. The van der Waals surface area contributed by atoms with Crippen molar-refractivity contribution in [3.8, 4) is 0 Å². The molecule has 126 valence electrons. The van der Waals surface area contributed by atoms with Gasteiger partial charge in [-0.1, -0.05) is 40.0 Å². The molecule has 0 atom stereocenters. The SMILES string of the molecule is CC(C)(C)C(=O)NCCCC(=O)NC1(C(=O)O)CCCCC1. The zero-order valence-corrected chi connectivity index (χ0v) is 13.8. The van der Waals surface area contributed by atoms with Crippen LogP contribution in [0.2, 0.25) is 0 Å². The minimum atomic E-state index is -1.09. The van der Waals surface area contributed by atoms with Crippen LogP contribution in [0.1, 0.15) is 65.7 Å². The molecule has 0 spiro atoms. The molecule has 0 aromatic heterocycles. The normalized spacial score (nSPS) is 17.6. The Balaban J connectivity index is 2.36. The molecule has 0 saturated heterocycles. The second-order valence-corrected chi connectivity index (χ2v) is 7.11. The van der Waals surface area contributed by atoms with Gasteiger partial charge in [-0.3, -0.25) is 9.59 Å². The summed E-state index contributed by atoms with van der Waals surface area (Å²) in [6, 6.07) is 0. The average molecular weight is 312 g/mol. The fourth-order valence-corrected chi connectivity index (χ4v) is 2.59. The van der Waals surface area contributed by atoms with Crippen molar-refractivity contribution in [3.05, 3.63) is 0 Å². The topological polar surface area (TPSA) is 95.5 Å². The number of hydrogen-bond donors (Lipinski definition) is 3. The minimum Gasteiger partial charge on any atom is -0.480 e. The standard InChI is InChI=1S/C16H28N2O4/c1-15(2,3)13(20)17-11-7-8-12(19)18-16(14(21)22)9-5-4-6-10-16/h4-11H2,1-3H3,(H,17,20)(H,18,19)(H,21,22). The molecule has 0 aromatic carbocycles. The van der Waals surface area contributed by atoms with Crippen LogP contribution in [0.3, 0.4) is 0 Å². The Morgan fingerprint density at radius 2 is 1.68 bits per heavy atom. The lowest BCUT2D eigenvalue weighted by atomic mass is 9.81. The molecule has 1 aliphatic carbocycles.